The number of benzene rings is 1. The first-order chi connectivity index (χ1) is 20.4. The van der Waals surface area contributed by atoms with Crippen LogP contribution in [0.25, 0.3) is 22.3 Å². The van der Waals surface area contributed by atoms with Gasteiger partial charge in [0.15, 0.2) is 16.9 Å². The Morgan fingerprint density at radius 3 is 2.57 bits per heavy atom. The summed E-state index contributed by atoms with van der Waals surface area (Å²) in [4.78, 5) is 28.1. The second-order valence-electron chi connectivity index (χ2n) is 10.6. The fraction of sp³-hybridized carbons (Fsp3) is 0.414. The van der Waals surface area contributed by atoms with Crippen molar-refractivity contribution >= 4 is 44.9 Å². The van der Waals surface area contributed by atoms with Crippen molar-refractivity contribution in [3.05, 3.63) is 47.2 Å². The molecule has 3 aromatic heterocycles. The first-order valence-electron chi connectivity index (χ1n) is 14.0. The van der Waals surface area contributed by atoms with Crippen LogP contribution in [0.4, 0.5) is 21.0 Å². The average molecular weight is 591 g/mol. The molecule has 2 fully saturated rings. The van der Waals surface area contributed by atoms with E-state index in [0.29, 0.717) is 65.9 Å². The summed E-state index contributed by atoms with van der Waals surface area (Å²) < 4.78 is 15.5. The number of aromatic nitrogens is 4. The van der Waals surface area contributed by atoms with E-state index in [-0.39, 0.29) is 11.9 Å². The molecule has 4 aromatic rings. The van der Waals surface area contributed by atoms with Crippen molar-refractivity contribution in [2.75, 3.05) is 49.6 Å². The van der Waals surface area contributed by atoms with Crippen molar-refractivity contribution in [2.24, 2.45) is 0 Å². The summed E-state index contributed by atoms with van der Waals surface area (Å²) in [7, 11) is 1.92. The number of hydrogen-bond donors (Lipinski definition) is 2. The number of nitrogens with zero attached hydrogens (tertiary/aromatic N) is 8. The zero-order valence-electron chi connectivity index (χ0n) is 23.1. The van der Waals surface area contributed by atoms with Gasteiger partial charge in [-0.25, -0.2) is 19.0 Å². The average Bonchev–Trinajstić information content (AvgIpc) is 3.63. The molecule has 0 radical (unpaired) electrons. The van der Waals surface area contributed by atoms with Gasteiger partial charge in [0, 0.05) is 38.8 Å². The maximum absolute atomic E-state index is 13.5. The van der Waals surface area contributed by atoms with E-state index in [9.17, 15) is 19.6 Å². The van der Waals surface area contributed by atoms with Crippen LogP contribution in [0.15, 0.2) is 36.5 Å². The molecule has 1 aliphatic heterocycles. The molecule has 0 bridgehead atoms. The Balaban J connectivity index is 1.30. The van der Waals surface area contributed by atoms with E-state index in [0.717, 1.165) is 29.7 Å². The van der Waals surface area contributed by atoms with Gasteiger partial charge in [0.05, 0.1) is 29.9 Å². The number of amides is 1. The number of pyridine rings is 1. The zero-order chi connectivity index (χ0) is 29.4. The van der Waals surface area contributed by atoms with Crippen molar-refractivity contribution in [3.63, 3.8) is 0 Å². The van der Waals surface area contributed by atoms with E-state index in [2.05, 4.69) is 17.0 Å². The van der Waals surface area contributed by atoms with Gasteiger partial charge in [0.2, 0.25) is 0 Å². The lowest BCUT2D eigenvalue weighted by atomic mass is 10.1. The Bertz CT molecular complexity index is 1640. The molecule has 42 heavy (non-hydrogen) atoms. The van der Waals surface area contributed by atoms with E-state index in [1.54, 1.807) is 17.0 Å². The molecular formula is C29H31FN8O3S. The molecule has 2 aliphatic rings. The number of hydrogen-bond acceptors (Lipinski definition) is 10. The van der Waals surface area contributed by atoms with Gasteiger partial charge in [-0.05, 0) is 56.0 Å². The van der Waals surface area contributed by atoms with Crippen molar-refractivity contribution in [1.29, 1.82) is 5.26 Å². The number of rotatable bonds is 7. The third-order valence-electron chi connectivity index (χ3n) is 7.69. The molecule has 6 rings (SSSR count). The Labute approximate surface area is 246 Å². The number of thiazole rings is 1. The summed E-state index contributed by atoms with van der Waals surface area (Å²) in [6.07, 6.45) is 3.92. The minimum atomic E-state index is -1.38. The highest BCUT2D eigenvalue weighted by Crippen LogP contribution is 2.44. The summed E-state index contributed by atoms with van der Waals surface area (Å²) in [5.74, 6) is 0.0744. The molecule has 0 spiro atoms. The van der Waals surface area contributed by atoms with Crippen LogP contribution in [0, 0.1) is 17.1 Å². The maximum atomic E-state index is 13.5. The Morgan fingerprint density at radius 2 is 1.93 bits per heavy atom. The van der Waals surface area contributed by atoms with Crippen LogP contribution in [-0.4, -0.2) is 86.7 Å². The van der Waals surface area contributed by atoms with Crippen LogP contribution in [0.1, 0.15) is 36.6 Å². The van der Waals surface area contributed by atoms with E-state index >= 15 is 0 Å². The number of carbonyl (C=O) groups is 1. The Hall–Kier alpha value is -4.12. The third-order valence-corrected chi connectivity index (χ3v) is 8.73. The zero-order valence-corrected chi connectivity index (χ0v) is 24.0. The molecule has 4 heterocycles. The van der Waals surface area contributed by atoms with E-state index in [1.165, 1.54) is 23.5 Å². The topological polar surface area (TPSA) is 135 Å². The van der Waals surface area contributed by atoms with Crippen LogP contribution in [0.3, 0.4) is 0 Å². The van der Waals surface area contributed by atoms with Gasteiger partial charge in [0.25, 0.3) is 5.91 Å². The molecule has 1 atom stereocenters. The Morgan fingerprint density at radius 1 is 1.21 bits per heavy atom. The normalized spacial score (nSPS) is 16.6. The monoisotopic (exact) mass is 590 g/mol. The van der Waals surface area contributed by atoms with Crippen LogP contribution >= 0.6 is 11.3 Å². The maximum Gasteiger partial charge on any atom is 0.253 e. The second kappa shape index (κ2) is 11.6. The van der Waals surface area contributed by atoms with Crippen LogP contribution < -0.4 is 9.80 Å². The summed E-state index contributed by atoms with van der Waals surface area (Å²) in [6.45, 7) is 1.82. The fourth-order valence-electron chi connectivity index (χ4n) is 5.36. The highest BCUT2D eigenvalue weighted by molar-refractivity contribution is 7.16. The Kier molecular flexibility index (Phi) is 7.76. The molecule has 1 saturated heterocycles. The molecule has 1 saturated carbocycles. The SMILES string of the molecule is CN(c1nc(-c2ccc(F)cc2)c(C#N)s1)c1c2cc(N3CCCN(C(=O)C(O)CO)CCC3)cnc2nn1C1CC1. The predicted octanol–water partition coefficient (Wildman–Crippen LogP) is 3.45. The van der Waals surface area contributed by atoms with Crippen LogP contribution in [0.2, 0.25) is 0 Å². The summed E-state index contributed by atoms with van der Waals surface area (Å²) >= 11 is 1.28. The van der Waals surface area contributed by atoms with E-state index in [4.69, 9.17) is 20.2 Å². The van der Waals surface area contributed by atoms with Crippen molar-refractivity contribution in [3.8, 4) is 17.3 Å². The highest BCUT2D eigenvalue weighted by atomic mass is 32.1. The third kappa shape index (κ3) is 5.40. The van der Waals surface area contributed by atoms with Gasteiger partial charge in [-0.3, -0.25) is 4.79 Å². The quantitative estimate of drug-likeness (QED) is 0.332. The lowest BCUT2D eigenvalue weighted by Crippen LogP contribution is -2.45. The molecule has 1 unspecified atom stereocenters. The predicted molar refractivity (Wildman–Crippen MR) is 157 cm³/mol. The molecule has 11 nitrogen and oxygen atoms in total. The van der Waals surface area contributed by atoms with Crippen molar-refractivity contribution < 1.29 is 19.4 Å². The number of aliphatic hydroxyl groups is 2. The minimum absolute atomic E-state index is 0.270. The largest absolute Gasteiger partial charge is 0.393 e. The summed E-state index contributed by atoms with van der Waals surface area (Å²) in [5.41, 5.74) is 2.78. The first-order valence-corrected chi connectivity index (χ1v) is 14.8. The van der Waals surface area contributed by atoms with Gasteiger partial charge >= 0.3 is 0 Å². The second-order valence-corrected chi connectivity index (χ2v) is 11.6. The number of halogens is 1. The molecule has 13 heteroatoms. The molecular weight excluding hydrogens is 559 g/mol. The highest BCUT2D eigenvalue weighted by Gasteiger charge is 2.32. The number of fused-ring (bicyclic) bond motifs is 1. The van der Waals surface area contributed by atoms with E-state index in [1.807, 2.05) is 22.8 Å². The lowest BCUT2D eigenvalue weighted by molar-refractivity contribution is -0.142. The number of anilines is 3. The van der Waals surface area contributed by atoms with Crippen LogP contribution in [-0.2, 0) is 4.79 Å². The van der Waals surface area contributed by atoms with Gasteiger partial charge in [0.1, 0.15) is 28.3 Å². The smallest absolute Gasteiger partial charge is 0.253 e. The van der Waals surface area contributed by atoms with Crippen LogP contribution in [0.5, 0.6) is 0 Å². The molecule has 1 aromatic carbocycles. The summed E-state index contributed by atoms with van der Waals surface area (Å²) in [6, 6.07) is 10.6. The molecule has 1 amide bonds. The summed E-state index contributed by atoms with van der Waals surface area (Å²) in [5, 5.41) is 35.1. The fourth-order valence-corrected chi connectivity index (χ4v) is 6.21. The molecule has 1 aliphatic carbocycles. The number of nitriles is 1. The number of carbonyl (C=O) groups excluding carboxylic acids is 1. The molecule has 2 N–H and O–H groups in total. The minimum Gasteiger partial charge on any atom is -0.393 e. The number of aliphatic hydroxyl groups excluding tert-OH is 2. The lowest BCUT2D eigenvalue weighted by Gasteiger charge is -2.32. The standard InChI is InChI=1S/C29H31FN8O3S/c1-35(29-33-25(24(15-31)42-29)18-4-6-19(30)7-5-18)27-22-14-21(16-32-26(22)34-38(27)20-8-9-20)36-10-2-12-37(13-3-11-36)28(41)23(40)17-39/h4-7,14,16,20,23,39-40H,2-3,8-13,17H2,1H3. The van der Waals surface area contributed by atoms with Gasteiger partial charge in [-0.15, -0.1) is 0 Å². The van der Waals surface area contributed by atoms with Gasteiger partial charge in [-0.2, -0.15) is 10.4 Å². The first kappa shape index (κ1) is 28.0. The van der Waals surface area contributed by atoms with Gasteiger partial charge in [-0.1, -0.05) is 11.3 Å². The molecule has 218 valence electrons. The van der Waals surface area contributed by atoms with Gasteiger partial charge < -0.3 is 24.9 Å². The van der Waals surface area contributed by atoms with E-state index < -0.39 is 18.6 Å². The van der Waals surface area contributed by atoms with Crippen molar-refractivity contribution in [2.45, 2.75) is 37.8 Å². The van der Waals surface area contributed by atoms with Crippen molar-refractivity contribution in [1.82, 2.24) is 24.6 Å².